The second-order valence-corrected chi connectivity index (χ2v) is 4.68. The molecule has 0 N–H and O–H groups in total. The second kappa shape index (κ2) is 4.52. The zero-order chi connectivity index (χ0) is 10.8. The van der Waals surface area contributed by atoms with Crippen LogP contribution in [0.3, 0.4) is 0 Å². The molecule has 0 bridgehead atoms. The van der Waals surface area contributed by atoms with Crippen LogP contribution in [-0.4, -0.2) is 35.6 Å². The van der Waals surface area contributed by atoms with Crippen molar-refractivity contribution < 1.29 is 9.53 Å². The highest BCUT2D eigenvalue weighted by atomic mass is 16.5. The molecule has 0 aromatic rings. The summed E-state index contributed by atoms with van der Waals surface area (Å²) in [7, 11) is 0. The third-order valence-electron chi connectivity index (χ3n) is 3.68. The van der Waals surface area contributed by atoms with Gasteiger partial charge in [-0.15, -0.1) is 0 Å². The van der Waals surface area contributed by atoms with E-state index in [0.29, 0.717) is 18.7 Å². The highest BCUT2D eigenvalue weighted by Crippen LogP contribution is 2.37. The molecule has 0 aromatic heterocycles. The molecule has 1 aliphatic carbocycles. The van der Waals surface area contributed by atoms with Gasteiger partial charge in [0.05, 0.1) is 6.61 Å². The molecule has 86 valence electrons. The third-order valence-corrected chi connectivity index (χ3v) is 3.68. The molecule has 3 atom stereocenters. The summed E-state index contributed by atoms with van der Waals surface area (Å²) < 4.78 is 5.08. The van der Waals surface area contributed by atoms with E-state index in [1.807, 2.05) is 6.92 Å². The SMILES string of the molecule is CCOC(=O)C1C(C)N1C1CCCCC1. The number of hydrogen-bond acceptors (Lipinski definition) is 3. The maximum absolute atomic E-state index is 11.6. The van der Waals surface area contributed by atoms with Gasteiger partial charge in [0.1, 0.15) is 6.04 Å². The van der Waals surface area contributed by atoms with Crippen molar-refractivity contribution in [2.24, 2.45) is 0 Å². The number of hydrogen-bond donors (Lipinski definition) is 0. The van der Waals surface area contributed by atoms with Gasteiger partial charge in [-0.2, -0.15) is 0 Å². The normalized spacial score (nSPS) is 36.3. The van der Waals surface area contributed by atoms with E-state index in [1.165, 1.54) is 32.1 Å². The van der Waals surface area contributed by atoms with Crippen molar-refractivity contribution in [3.05, 3.63) is 0 Å². The average Bonchev–Trinajstić information content (AvgIpc) is 2.92. The Labute approximate surface area is 91.8 Å². The van der Waals surface area contributed by atoms with E-state index in [1.54, 1.807) is 0 Å². The molecule has 3 unspecified atom stereocenters. The van der Waals surface area contributed by atoms with Crippen LogP contribution in [0.25, 0.3) is 0 Å². The van der Waals surface area contributed by atoms with Crippen LogP contribution in [0.15, 0.2) is 0 Å². The molecule has 3 heteroatoms. The molecule has 0 amide bonds. The predicted molar refractivity (Wildman–Crippen MR) is 58.6 cm³/mol. The van der Waals surface area contributed by atoms with Crippen molar-refractivity contribution in [2.45, 2.75) is 64.1 Å². The van der Waals surface area contributed by atoms with Gasteiger partial charge >= 0.3 is 5.97 Å². The van der Waals surface area contributed by atoms with E-state index >= 15 is 0 Å². The maximum atomic E-state index is 11.6. The van der Waals surface area contributed by atoms with Crippen LogP contribution in [0.2, 0.25) is 0 Å². The Hall–Kier alpha value is -0.570. The summed E-state index contributed by atoms with van der Waals surface area (Å²) in [6.45, 7) is 4.51. The Morgan fingerprint density at radius 2 is 2.00 bits per heavy atom. The third kappa shape index (κ3) is 2.17. The molecule has 3 nitrogen and oxygen atoms in total. The summed E-state index contributed by atoms with van der Waals surface area (Å²) in [5, 5.41) is 0. The van der Waals surface area contributed by atoms with Gasteiger partial charge in [-0.25, -0.2) is 0 Å². The number of nitrogens with zero attached hydrogens (tertiary/aromatic N) is 1. The molecule has 1 heterocycles. The van der Waals surface area contributed by atoms with Crippen LogP contribution in [0.1, 0.15) is 46.0 Å². The van der Waals surface area contributed by atoms with Crippen LogP contribution in [0, 0.1) is 0 Å². The molecule has 0 radical (unpaired) electrons. The number of carbonyl (C=O) groups excluding carboxylic acids is 1. The first-order valence-electron chi connectivity index (χ1n) is 6.19. The smallest absolute Gasteiger partial charge is 0.324 e. The minimum Gasteiger partial charge on any atom is -0.465 e. The highest BCUT2D eigenvalue weighted by molar-refractivity contribution is 5.80. The molecule has 2 fully saturated rings. The second-order valence-electron chi connectivity index (χ2n) is 4.68. The van der Waals surface area contributed by atoms with E-state index in [0.717, 1.165) is 0 Å². The van der Waals surface area contributed by atoms with E-state index in [2.05, 4.69) is 11.8 Å². The molecule has 1 saturated heterocycles. The molecular formula is C12H21NO2. The van der Waals surface area contributed by atoms with Crippen molar-refractivity contribution in [1.29, 1.82) is 0 Å². The molecule has 15 heavy (non-hydrogen) atoms. The quantitative estimate of drug-likeness (QED) is 0.528. The Morgan fingerprint density at radius 3 is 2.60 bits per heavy atom. The summed E-state index contributed by atoms with van der Waals surface area (Å²) in [5.74, 6) is -0.0180. The summed E-state index contributed by atoms with van der Waals surface area (Å²) >= 11 is 0. The fourth-order valence-corrected chi connectivity index (χ4v) is 2.86. The van der Waals surface area contributed by atoms with Gasteiger partial charge in [0.15, 0.2) is 0 Å². The maximum Gasteiger partial charge on any atom is 0.324 e. The summed E-state index contributed by atoms with van der Waals surface area (Å²) in [5.41, 5.74) is 0. The van der Waals surface area contributed by atoms with Crippen molar-refractivity contribution in [3.8, 4) is 0 Å². The number of carbonyl (C=O) groups is 1. The van der Waals surface area contributed by atoms with Crippen molar-refractivity contribution >= 4 is 5.97 Å². The Morgan fingerprint density at radius 1 is 1.33 bits per heavy atom. The van der Waals surface area contributed by atoms with E-state index in [-0.39, 0.29) is 12.0 Å². The average molecular weight is 211 g/mol. The molecule has 2 aliphatic rings. The van der Waals surface area contributed by atoms with E-state index in [4.69, 9.17) is 4.74 Å². The predicted octanol–water partition coefficient (Wildman–Crippen LogP) is 1.95. The van der Waals surface area contributed by atoms with Gasteiger partial charge in [0, 0.05) is 12.1 Å². The summed E-state index contributed by atoms with van der Waals surface area (Å²) in [6, 6.07) is 1.11. The van der Waals surface area contributed by atoms with Crippen LogP contribution in [0.5, 0.6) is 0 Å². The Kier molecular flexibility index (Phi) is 3.29. The number of rotatable bonds is 3. The Bertz CT molecular complexity index is 236. The highest BCUT2D eigenvalue weighted by Gasteiger charge is 2.53. The van der Waals surface area contributed by atoms with Crippen LogP contribution in [0.4, 0.5) is 0 Å². The molecule has 2 rings (SSSR count). The minimum atomic E-state index is -0.0180. The fraction of sp³-hybridized carbons (Fsp3) is 0.917. The standard InChI is InChI=1S/C12H21NO2/c1-3-15-12(14)11-9(2)13(11)10-7-5-4-6-8-10/h9-11H,3-8H2,1-2H3. The van der Waals surface area contributed by atoms with Crippen LogP contribution < -0.4 is 0 Å². The number of ether oxygens (including phenoxy) is 1. The van der Waals surface area contributed by atoms with Gasteiger partial charge in [0.2, 0.25) is 0 Å². The van der Waals surface area contributed by atoms with Gasteiger partial charge in [0.25, 0.3) is 0 Å². The fourth-order valence-electron chi connectivity index (χ4n) is 2.86. The largest absolute Gasteiger partial charge is 0.465 e. The van der Waals surface area contributed by atoms with Gasteiger partial charge in [-0.05, 0) is 26.7 Å². The van der Waals surface area contributed by atoms with Crippen molar-refractivity contribution in [3.63, 3.8) is 0 Å². The van der Waals surface area contributed by atoms with Gasteiger partial charge in [-0.1, -0.05) is 19.3 Å². The summed E-state index contributed by atoms with van der Waals surface area (Å²) in [6.07, 6.45) is 6.54. The lowest BCUT2D eigenvalue weighted by Gasteiger charge is -2.23. The van der Waals surface area contributed by atoms with E-state index < -0.39 is 0 Å². The summed E-state index contributed by atoms with van der Waals surface area (Å²) in [4.78, 5) is 13.9. The van der Waals surface area contributed by atoms with Crippen molar-refractivity contribution in [2.75, 3.05) is 6.61 Å². The topological polar surface area (TPSA) is 29.3 Å². The number of esters is 1. The monoisotopic (exact) mass is 211 g/mol. The van der Waals surface area contributed by atoms with Crippen molar-refractivity contribution in [1.82, 2.24) is 4.90 Å². The lowest BCUT2D eigenvalue weighted by Crippen LogP contribution is -2.27. The molecule has 0 aromatic carbocycles. The molecular weight excluding hydrogens is 190 g/mol. The first kappa shape index (κ1) is 10.9. The first-order valence-corrected chi connectivity index (χ1v) is 6.19. The molecule has 1 aliphatic heterocycles. The van der Waals surface area contributed by atoms with Gasteiger partial charge in [-0.3, -0.25) is 9.69 Å². The lowest BCUT2D eigenvalue weighted by molar-refractivity contribution is -0.143. The minimum absolute atomic E-state index is 0.0180. The van der Waals surface area contributed by atoms with E-state index in [9.17, 15) is 4.79 Å². The van der Waals surface area contributed by atoms with Crippen LogP contribution >= 0.6 is 0 Å². The van der Waals surface area contributed by atoms with Crippen LogP contribution in [-0.2, 0) is 9.53 Å². The first-order chi connectivity index (χ1) is 7.25. The zero-order valence-electron chi connectivity index (χ0n) is 9.74. The zero-order valence-corrected chi connectivity index (χ0v) is 9.74. The molecule has 1 saturated carbocycles. The lowest BCUT2D eigenvalue weighted by atomic mass is 9.95. The van der Waals surface area contributed by atoms with Gasteiger partial charge < -0.3 is 4.74 Å². The molecule has 0 spiro atoms. The Balaban J connectivity index is 1.86.